The van der Waals surface area contributed by atoms with Crippen molar-refractivity contribution >= 4 is 0 Å². The summed E-state index contributed by atoms with van der Waals surface area (Å²) < 4.78 is 0. The summed E-state index contributed by atoms with van der Waals surface area (Å²) in [6.07, 6.45) is 16.0. The SMILES string of the molecule is CCCc1ncc(CNC2CCCN(CC3CCCCC3)C2)cn1. The van der Waals surface area contributed by atoms with Crippen molar-refractivity contribution in [2.24, 2.45) is 5.92 Å². The van der Waals surface area contributed by atoms with Gasteiger partial charge < -0.3 is 10.2 Å². The first-order valence-electron chi connectivity index (χ1n) is 10.1. The van der Waals surface area contributed by atoms with Crippen LogP contribution in [0.1, 0.15) is 69.7 Å². The number of aromatic nitrogens is 2. The monoisotopic (exact) mass is 330 g/mol. The number of nitrogens with one attached hydrogen (secondary N) is 1. The van der Waals surface area contributed by atoms with Crippen LogP contribution in [0.25, 0.3) is 0 Å². The first-order chi connectivity index (χ1) is 11.8. The molecule has 0 aromatic carbocycles. The van der Waals surface area contributed by atoms with Crippen molar-refractivity contribution in [3.8, 4) is 0 Å². The largest absolute Gasteiger partial charge is 0.309 e. The van der Waals surface area contributed by atoms with Gasteiger partial charge in [0.1, 0.15) is 5.82 Å². The molecule has 24 heavy (non-hydrogen) atoms. The Morgan fingerprint density at radius 2 is 1.88 bits per heavy atom. The minimum atomic E-state index is 0.623. The van der Waals surface area contributed by atoms with Crippen molar-refractivity contribution in [1.29, 1.82) is 0 Å². The van der Waals surface area contributed by atoms with Crippen molar-refractivity contribution in [3.63, 3.8) is 0 Å². The van der Waals surface area contributed by atoms with E-state index in [-0.39, 0.29) is 0 Å². The van der Waals surface area contributed by atoms with Crippen LogP contribution in [0.5, 0.6) is 0 Å². The van der Waals surface area contributed by atoms with Gasteiger partial charge in [-0.05, 0) is 44.6 Å². The lowest BCUT2D eigenvalue weighted by molar-refractivity contribution is 0.149. The third-order valence-corrected chi connectivity index (χ3v) is 5.57. The minimum Gasteiger partial charge on any atom is -0.309 e. The summed E-state index contributed by atoms with van der Waals surface area (Å²) in [4.78, 5) is 11.6. The van der Waals surface area contributed by atoms with Gasteiger partial charge in [-0.25, -0.2) is 9.97 Å². The van der Waals surface area contributed by atoms with E-state index < -0.39 is 0 Å². The van der Waals surface area contributed by atoms with Crippen LogP contribution in [0.15, 0.2) is 12.4 Å². The van der Waals surface area contributed by atoms with Crippen molar-refractivity contribution in [2.75, 3.05) is 19.6 Å². The fourth-order valence-corrected chi connectivity index (χ4v) is 4.21. The Balaban J connectivity index is 1.41. The second-order valence-corrected chi connectivity index (χ2v) is 7.74. The lowest BCUT2D eigenvalue weighted by atomic mass is 9.88. The Morgan fingerprint density at radius 3 is 2.62 bits per heavy atom. The molecule has 0 radical (unpaired) electrons. The smallest absolute Gasteiger partial charge is 0.128 e. The van der Waals surface area contributed by atoms with E-state index in [1.807, 2.05) is 12.4 Å². The van der Waals surface area contributed by atoms with Crippen LogP contribution in [-0.4, -0.2) is 40.5 Å². The van der Waals surface area contributed by atoms with Gasteiger partial charge >= 0.3 is 0 Å². The zero-order chi connectivity index (χ0) is 16.6. The van der Waals surface area contributed by atoms with E-state index in [4.69, 9.17) is 0 Å². The van der Waals surface area contributed by atoms with Gasteiger partial charge in [-0.2, -0.15) is 0 Å². The molecule has 1 aliphatic carbocycles. The normalized spacial score (nSPS) is 23.5. The van der Waals surface area contributed by atoms with Gasteiger partial charge in [0.25, 0.3) is 0 Å². The van der Waals surface area contributed by atoms with Crippen LogP contribution in [0.4, 0.5) is 0 Å². The summed E-state index contributed by atoms with van der Waals surface area (Å²) in [7, 11) is 0. The molecule has 0 spiro atoms. The lowest BCUT2D eigenvalue weighted by Gasteiger charge is -2.36. The summed E-state index contributed by atoms with van der Waals surface area (Å²) >= 11 is 0. The van der Waals surface area contributed by atoms with Crippen molar-refractivity contribution in [2.45, 2.75) is 77.3 Å². The molecule has 0 amide bonds. The van der Waals surface area contributed by atoms with Crippen molar-refractivity contribution < 1.29 is 0 Å². The summed E-state index contributed by atoms with van der Waals surface area (Å²) in [6.45, 7) is 6.90. The number of nitrogens with zero attached hydrogens (tertiary/aromatic N) is 3. The van der Waals surface area contributed by atoms with E-state index in [1.165, 1.54) is 70.1 Å². The van der Waals surface area contributed by atoms with Gasteiger partial charge in [0.15, 0.2) is 0 Å². The summed E-state index contributed by atoms with van der Waals surface area (Å²) in [6, 6.07) is 0.623. The van der Waals surface area contributed by atoms with Gasteiger partial charge in [-0.15, -0.1) is 0 Å². The second kappa shape index (κ2) is 9.47. The molecule has 0 bridgehead atoms. The predicted molar refractivity (Wildman–Crippen MR) is 98.9 cm³/mol. The Morgan fingerprint density at radius 1 is 1.08 bits per heavy atom. The Kier molecular flexibility index (Phi) is 7.03. The molecule has 1 aliphatic heterocycles. The standard InChI is InChI=1S/C20H34N4/c1-2-7-20-22-13-18(14-23-20)12-21-19-10-6-11-24(16-19)15-17-8-4-3-5-9-17/h13-14,17,19,21H,2-12,15-16H2,1H3. The number of hydrogen-bond donors (Lipinski definition) is 1. The van der Waals surface area contributed by atoms with Crippen LogP contribution in [0, 0.1) is 5.92 Å². The summed E-state index contributed by atoms with van der Waals surface area (Å²) in [5, 5.41) is 3.73. The molecule has 2 heterocycles. The maximum Gasteiger partial charge on any atom is 0.128 e. The fourth-order valence-electron chi connectivity index (χ4n) is 4.21. The highest BCUT2D eigenvalue weighted by atomic mass is 15.2. The molecule has 1 N–H and O–H groups in total. The Hall–Kier alpha value is -1.00. The van der Waals surface area contributed by atoms with Crippen LogP contribution in [0.2, 0.25) is 0 Å². The quantitative estimate of drug-likeness (QED) is 0.830. The molecule has 2 aliphatic rings. The third-order valence-electron chi connectivity index (χ3n) is 5.57. The molecule has 2 fully saturated rings. The summed E-state index contributed by atoms with van der Waals surface area (Å²) in [5.41, 5.74) is 1.21. The highest BCUT2D eigenvalue weighted by Gasteiger charge is 2.23. The van der Waals surface area contributed by atoms with Gasteiger partial charge in [0.2, 0.25) is 0 Å². The molecule has 1 aromatic heterocycles. The van der Waals surface area contributed by atoms with Gasteiger partial charge in [-0.1, -0.05) is 26.2 Å². The zero-order valence-corrected chi connectivity index (χ0v) is 15.3. The molecule has 1 atom stereocenters. The molecule has 134 valence electrons. The first kappa shape index (κ1) is 17.8. The van der Waals surface area contributed by atoms with Crippen LogP contribution >= 0.6 is 0 Å². The topological polar surface area (TPSA) is 41.1 Å². The fraction of sp³-hybridized carbons (Fsp3) is 0.800. The Bertz CT molecular complexity index is 467. The van der Waals surface area contributed by atoms with Crippen molar-refractivity contribution in [3.05, 3.63) is 23.8 Å². The number of likely N-dealkylation sites (tertiary alicyclic amines) is 1. The van der Waals surface area contributed by atoms with E-state index >= 15 is 0 Å². The lowest BCUT2D eigenvalue weighted by Crippen LogP contribution is -2.47. The molecule has 3 rings (SSSR count). The Labute approximate surface area is 147 Å². The molecule has 1 saturated carbocycles. The van der Waals surface area contributed by atoms with Crippen LogP contribution in [-0.2, 0) is 13.0 Å². The molecular formula is C20H34N4. The number of hydrogen-bond acceptors (Lipinski definition) is 4. The second-order valence-electron chi connectivity index (χ2n) is 7.74. The van der Waals surface area contributed by atoms with Gasteiger partial charge in [0, 0.05) is 50.1 Å². The number of piperidine rings is 1. The maximum absolute atomic E-state index is 4.46. The van der Waals surface area contributed by atoms with Crippen LogP contribution in [0.3, 0.4) is 0 Å². The van der Waals surface area contributed by atoms with E-state index in [0.29, 0.717) is 6.04 Å². The molecular weight excluding hydrogens is 296 g/mol. The van der Waals surface area contributed by atoms with E-state index in [1.54, 1.807) is 0 Å². The third kappa shape index (κ3) is 5.52. The molecule has 1 aromatic rings. The molecule has 4 heteroatoms. The van der Waals surface area contributed by atoms with Crippen molar-refractivity contribution in [1.82, 2.24) is 20.2 Å². The molecule has 1 unspecified atom stereocenters. The van der Waals surface area contributed by atoms with E-state index in [2.05, 4.69) is 27.1 Å². The average Bonchev–Trinajstić information content (AvgIpc) is 2.63. The first-order valence-corrected chi connectivity index (χ1v) is 10.1. The number of aryl methyl sites for hydroxylation is 1. The van der Waals surface area contributed by atoms with E-state index in [0.717, 1.165) is 31.1 Å². The summed E-state index contributed by atoms with van der Waals surface area (Å²) in [5.74, 6) is 1.93. The highest BCUT2D eigenvalue weighted by Crippen LogP contribution is 2.25. The van der Waals surface area contributed by atoms with Crippen LogP contribution < -0.4 is 5.32 Å². The average molecular weight is 331 g/mol. The van der Waals surface area contributed by atoms with Gasteiger partial charge in [0.05, 0.1) is 0 Å². The zero-order valence-electron chi connectivity index (χ0n) is 15.3. The molecule has 4 nitrogen and oxygen atoms in total. The minimum absolute atomic E-state index is 0.623. The van der Waals surface area contributed by atoms with E-state index in [9.17, 15) is 0 Å². The maximum atomic E-state index is 4.46. The highest BCUT2D eigenvalue weighted by molar-refractivity contribution is 5.05. The number of rotatable bonds is 7. The van der Waals surface area contributed by atoms with Gasteiger partial charge in [-0.3, -0.25) is 0 Å². The molecule has 1 saturated heterocycles. The predicted octanol–water partition coefficient (Wildman–Crippen LogP) is 3.56.